The minimum absolute atomic E-state index is 0.577. The maximum atomic E-state index is 5.41. The second-order valence-electron chi connectivity index (χ2n) is 6.48. The van der Waals surface area contributed by atoms with Gasteiger partial charge in [-0.15, -0.1) is 0 Å². The Kier molecular flexibility index (Phi) is 5.16. The van der Waals surface area contributed by atoms with E-state index < -0.39 is 0 Å². The zero-order valence-electron chi connectivity index (χ0n) is 15.4. The largest absolute Gasteiger partial charge is 0.378 e. The van der Waals surface area contributed by atoms with Gasteiger partial charge in [0.15, 0.2) is 0 Å². The molecule has 0 atom stereocenters. The van der Waals surface area contributed by atoms with E-state index in [4.69, 9.17) is 4.74 Å². The second kappa shape index (κ2) is 8.05. The first-order valence-corrected chi connectivity index (χ1v) is 9.14. The van der Waals surface area contributed by atoms with Crippen molar-refractivity contribution >= 4 is 28.8 Å². The Labute approximate surface area is 159 Å². The van der Waals surface area contributed by atoms with Crippen LogP contribution in [0.2, 0.25) is 0 Å². The third-order valence-corrected chi connectivity index (χ3v) is 4.40. The van der Waals surface area contributed by atoms with Crippen LogP contribution in [0.3, 0.4) is 0 Å². The van der Waals surface area contributed by atoms with E-state index in [2.05, 4.69) is 49.8 Å². The van der Waals surface area contributed by atoms with Gasteiger partial charge in [-0.3, -0.25) is 0 Å². The predicted octanol–water partition coefficient (Wildman–Crippen LogP) is 4.11. The van der Waals surface area contributed by atoms with Crippen molar-refractivity contribution in [3.05, 3.63) is 66.4 Å². The number of ether oxygens (including phenoxy) is 1. The number of hydrogen-bond acceptors (Lipinski definition) is 6. The molecule has 0 bridgehead atoms. The summed E-state index contributed by atoms with van der Waals surface area (Å²) >= 11 is 0. The van der Waals surface area contributed by atoms with Crippen molar-refractivity contribution < 1.29 is 4.74 Å². The Balaban J connectivity index is 1.47. The van der Waals surface area contributed by atoms with Crippen LogP contribution in [0.25, 0.3) is 0 Å². The minimum atomic E-state index is 0.577. The van der Waals surface area contributed by atoms with Gasteiger partial charge < -0.3 is 20.3 Å². The number of hydrogen-bond donors (Lipinski definition) is 2. The maximum Gasteiger partial charge on any atom is 0.229 e. The van der Waals surface area contributed by atoms with Crippen LogP contribution in [0, 0.1) is 6.92 Å². The van der Waals surface area contributed by atoms with Gasteiger partial charge in [-0.05, 0) is 43.3 Å². The summed E-state index contributed by atoms with van der Waals surface area (Å²) in [6.45, 7) is 5.41. The van der Waals surface area contributed by atoms with Gasteiger partial charge >= 0.3 is 0 Å². The Morgan fingerprint density at radius 2 is 1.56 bits per heavy atom. The van der Waals surface area contributed by atoms with Gasteiger partial charge in [-0.25, -0.2) is 4.98 Å². The number of morpholine rings is 1. The highest BCUT2D eigenvalue weighted by Crippen LogP contribution is 2.22. The molecule has 1 aliphatic heterocycles. The number of benzene rings is 2. The van der Waals surface area contributed by atoms with Gasteiger partial charge in [0.1, 0.15) is 5.82 Å². The molecule has 3 aromatic rings. The van der Waals surface area contributed by atoms with Crippen LogP contribution < -0.4 is 15.5 Å². The van der Waals surface area contributed by atoms with Crippen molar-refractivity contribution in [2.75, 3.05) is 41.8 Å². The van der Waals surface area contributed by atoms with E-state index >= 15 is 0 Å². The van der Waals surface area contributed by atoms with E-state index in [1.165, 1.54) is 5.69 Å². The van der Waals surface area contributed by atoms with E-state index in [1.54, 1.807) is 0 Å². The van der Waals surface area contributed by atoms with Gasteiger partial charge in [0.25, 0.3) is 0 Å². The maximum absolute atomic E-state index is 5.41. The first kappa shape index (κ1) is 17.3. The quantitative estimate of drug-likeness (QED) is 0.713. The summed E-state index contributed by atoms with van der Waals surface area (Å²) in [7, 11) is 0. The summed E-state index contributed by atoms with van der Waals surface area (Å²) in [6, 6.07) is 20.3. The van der Waals surface area contributed by atoms with Crippen LogP contribution in [0.5, 0.6) is 0 Å². The minimum Gasteiger partial charge on any atom is -0.378 e. The van der Waals surface area contributed by atoms with E-state index in [1.807, 2.05) is 43.3 Å². The number of rotatable bonds is 5. The summed E-state index contributed by atoms with van der Waals surface area (Å²) < 4.78 is 5.41. The van der Waals surface area contributed by atoms with Crippen LogP contribution in [0.1, 0.15) is 5.69 Å². The molecule has 2 aromatic carbocycles. The molecular weight excluding hydrogens is 338 g/mol. The summed E-state index contributed by atoms with van der Waals surface area (Å²) in [5, 5.41) is 6.61. The first-order valence-electron chi connectivity index (χ1n) is 9.14. The monoisotopic (exact) mass is 361 g/mol. The Morgan fingerprint density at radius 1 is 0.852 bits per heavy atom. The fraction of sp³-hybridized carbons (Fsp3) is 0.238. The Hall–Kier alpha value is -3.12. The lowest BCUT2D eigenvalue weighted by atomic mass is 10.2. The van der Waals surface area contributed by atoms with Crippen molar-refractivity contribution in [1.29, 1.82) is 0 Å². The van der Waals surface area contributed by atoms with Gasteiger partial charge in [0.05, 0.1) is 13.2 Å². The predicted molar refractivity (Wildman–Crippen MR) is 109 cm³/mol. The molecule has 2 N–H and O–H groups in total. The summed E-state index contributed by atoms with van der Waals surface area (Å²) in [4.78, 5) is 11.4. The first-order chi connectivity index (χ1) is 13.3. The van der Waals surface area contributed by atoms with Gasteiger partial charge in [-0.1, -0.05) is 18.2 Å². The SMILES string of the molecule is Cc1cc(Nc2ccc(N3CCOCC3)cc2)nc(Nc2ccccc2)n1. The second-order valence-corrected chi connectivity index (χ2v) is 6.48. The molecule has 138 valence electrons. The average Bonchev–Trinajstić information content (AvgIpc) is 2.70. The zero-order valence-corrected chi connectivity index (χ0v) is 15.4. The number of para-hydroxylation sites is 1. The fourth-order valence-electron chi connectivity index (χ4n) is 3.06. The molecule has 4 rings (SSSR count). The van der Waals surface area contributed by atoms with Crippen molar-refractivity contribution in [3.63, 3.8) is 0 Å². The Morgan fingerprint density at radius 3 is 2.30 bits per heavy atom. The highest BCUT2D eigenvalue weighted by Gasteiger charge is 2.11. The highest BCUT2D eigenvalue weighted by atomic mass is 16.5. The topological polar surface area (TPSA) is 62.3 Å². The third-order valence-electron chi connectivity index (χ3n) is 4.40. The molecule has 1 aliphatic rings. The molecule has 0 unspecified atom stereocenters. The molecular formula is C21H23N5O. The molecule has 1 fully saturated rings. The molecule has 0 saturated carbocycles. The summed E-state index contributed by atoms with van der Waals surface area (Å²) in [5.41, 5.74) is 4.07. The number of aromatic nitrogens is 2. The lowest BCUT2D eigenvalue weighted by Gasteiger charge is -2.28. The molecule has 0 aliphatic carbocycles. The van der Waals surface area contributed by atoms with Crippen LogP contribution in [0.4, 0.5) is 28.8 Å². The van der Waals surface area contributed by atoms with Gasteiger partial charge in [-0.2, -0.15) is 4.98 Å². The van der Waals surface area contributed by atoms with Crippen molar-refractivity contribution in [2.45, 2.75) is 6.92 Å². The van der Waals surface area contributed by atoms with Crippen LogP contribution >= 0.6 is 0 Å². The third kappa shape index (κ3) is 4.54. The fourth-order valence-corrected chi connectivity index (χ4v) is 3.06. The smallest absolute Gasteiger partial charge is 0.229 e. The lowest BCUT2D eigenvalue weighted by molar-refractivity contribution is 0.122. The number of aryl methyl sites for hydroxylation is 1. The van der Waals surface area contributed by atoms with E-state index in [0.717, 1.165) is 49.2 Å². The standard InChI is InChI=1S/C21H23N5O/c1-16-15-20(25-21(22-16)24-17-5-3-2-4-6-17)23-18-7-9-19(10-8-18)26-11-13-27-14-12-26/h2-10,15H,11-14H2,1H3,(H2,22,23,24,25). The lowest BCUT2D eigenvalue weighted by Crippen LogP contribution is -2.36. The van der Waals surface area contributed by atoms with Crippen LogP contribution in [-0.4, -0.2) is 36.3 Å². The number of anilines is 5. The zero-order chi connectivity index (χ0) is 18.5. The van der Waals surface area contributed by atoms with Gasteiger partial charge in [0, 0.05) is 41.9 Å². The molecule has 0 radical (unpaired) electrons. The van der Waals surface area contributed by atoms with Crippen molar-refractivity contribution in [3.8, 4) is 0 Å². The van der Waals surface area contributed by atoms with Crippen LogP contribution in [-0.2, 0) is 4.74 Å². The van der Waals surface area contributed by atoms with Crippen molar-refractivity contribution in [2.24, 2.45) is 0 Å². The number of nitrogens with zero attached hydrogens (tertiary/aromatic N) is 3. The molecule has 0 spiro atoms. The van der Waals surface area contributed by atoms with E-state index in [-0.39, 0.29) is 0 Å². The normalized spacial score (nSPS) is 14.0. The van der Waals surface area contributed by atoms with Gasteiger partial charge in [0.2, 0.25) is 5.95 Å². The highest BCUT2D eigenvalue weighted by molar-refractivity contribution is 5.63. The molecule has 27 heavy (non-hydrogen) atoms. The molecule has 6 heteroatoms. The molecule has 1 saturated heterocycles. The van der Waals surface area contributed by atoms with Crippen molar-refractivity contribution in [1.82, 2.24) is 9.97 Å². The summed E-state index contributed by atoms with van der Waals surface area (Å²) in [5.74, 6) is 1.34. The molecule has 1 aromatic heterocycles. The Bertz CT molecular complexity index is 877. The van der Waals surface area contributed by atoms with Crippen LogP contribution in [0.15, 0.2) is 60.7 Å². The average molecular weight is 361 g/mol. The molecule has 2 heterocycles. The number of nitrogens with one attached hydrogen (secondary N) is 2. The van der Waals surface area contributed by atoms with E-state index in [9.17, 15) is 0 Å². The van der Waals surface area contributed by atoms with E-state index in [0.29, 0.717) is 5.95 Å². The molecule has 0 amide bonds. The summed E-state index contributed by atoms with van der Waals surface area (Å²) in [6.07, 6.45) is 0. The molecule has 6 nitrogen and oxygen atoms in total.